The Morgan fingerprint density at radius 3 is 2.56 bits per heavy atom. The smallest absolute Gasteiger partial charge is 0.234 e. The van der Waals surface area contributed by atoms with Crippen LogP contribution in [0.2, 0.25) is 0 Å². The molecule has 1 aromatic heterocycles. The van der Waals surface area contributed by atoms with Crippen LogP contribution >= 0.6 is 11.3 Å². The zero-order chi connectivity index (χ0) is 19.4. The lowest BCUT2D eigenvalue weighted by molar-refractivity contribution is -0.123. The summed E-state index contributed by atoms with van der Waals surface area (Å²) in [4.78, 5) is 16.1. The van der Waals surface area contributed by atoms with Gasteiger partial charge in [0.2, 0.25) is 11.7 Å². The maximum absolute atomic E-state index is 12.5. The number of nitrogens with zero attached hydrogens (tertiary/aromatic N) is 1. The van der Waals surface area contributed by atoms with Gasteiger partial charge < -0.3 is 19.5 Å². The molecule has 0 saturated carbocycles. The van der Waals surface area contributed by atoms with E-state index < -0.39 is 0 Å². The van der Waals surface area contributed by atoms with Crippen LogP contribution in [-0.2, 0) is 17.8 Å². The molecule has 0 spiro atoms. The van der Waals surface area contributed by atoms with E-state index in [9.17, 15) is 4.79 Å². The van der Waals surface area contributed by atoms with E-state index in [0.717, 1.165) is 18.5 Å². The second-order valence-corrected chi connectivity index (χ2v) is 7.51. The van der Waals surface area contributed by atoms with Crippen molar-refractivity contribution in [1.29, 1.82) is 0 Å². The van der Waals surface area contributed by atoms with Gasteiger partial charge in [0.15, 0.2) is 11.5 Å². The minimum Gasteiger partial charge on any atom is -0.493 e. The normalized spacial score (nSPS) is 16.5. The van der Waals surface area contributed by atoms with Gasteiger partial charge in [0.25, 0.3) is 0 Å². The van der Waals surface area contributed by atoms with Gasteiger partial charge in [-0.05, 0) is 48.1 Å². The standard InChI is InChI=1S/C20H26N2O4S/c1-13-15-6-8-27-18(15)5-7-22(13)12-19(23)21-11-14-9-16(24-2)20(26-4)17(10-14)25-3/h6,8-10,13H,5,7,11-12H2,1-4H3,(H,21,23)/t13-/m0/s1. The number of methoxy groups -OCH3 is 3. The molecule has 0 unspecified atom stereocenters. The largest absolute Gasteiger partial charge is 0.493 e. The van der Waals surface area contributed by atoms with E-state index in [1.54, 1.807) is 32.7 Å². The van der Waals surface area contributed by atoms with E-state index in [0.29, 0.717) is 30.3 Å². The second-order valence-electron chi connectivity index (χ2n) is 6.51. The fourth-order valence-corrected chi connectivity index (χ4v) is 4.42. The van der Waals surface area contributed by atoms with Gasteiger partial charge in [0.05, 0.1) is 27.9 Å². The van der Waals surface area contributed by atoms with Crippen LogP contribution in [0.1, 0.15) is 29.0 Å². The van der Waals surface area contributed by atoms with Gasteiger partial charge >= 0.3 is 0 Å². The Hall–Kier alpha value is -2.25. The Morgan fingerprint density at radius 1 is 1.22 bits per heavy atom. The molecule has 146 valence electrons. The molecule has 27 heavy (non-hydrogen) atoms. The topological polar surface area (TPSA) is 60.0 Å². The van der Waals surface area contributed by atoms with Gasteiger partial charge in [0, 0.05) is 24.0 Å². The molecule has 1 amide bonds. The van der Waals surface area contributed by atoms with Crippen molar-refractivity contribution >= 4 is 17.2 Å². The number of carbonyl (C=O) groups excluding carboxylic acids is 1. The molecule has 0 saturated heterocycles. The molecular weight excluding hydrogens is 364 g/mol. The Bertz CT molecular complexity index is 780. The van der Waals surface area contributed by atoms with Gasteiger partial charge in [-0.15, -0.1) is 11.3 Å². The summed E-state index contributed by atoms with van der Waals surface area (Å²) < 4.78 is 16.1. The molecular formula is C20H26N2O4S. The van der Waals surface area contributed by atoms with Crippen LogP contribution in [0.15, 0.2) is 23.6 Å². The predicted octanol–water partition coefficient (Wildman–Crippen LogP) is 3.01. The first-order valence-electron chi connectivity index (χ1n) is 8.93. The van der Waals surface area contributed by atoms with Crippen molar-refractivity contribution < 1.29 is 19.0 Å². The van der Waals surface area contributed by atoms with E-state index in [-0.39, 0.29) is 11.9 Å². The minimum atomic E-state index is 0.00859. The van der Waals surface area contributed by atoms with Crippen LogP contribution in [0.3, 0.4) is 0 Å². The van der Waals surface area contributed by atoms with E-state index >= 15 is 0 Å². The molecule has 0 aliphatic carbocycles. The highest BCUT2D eigenvalue weighted by atomic mass is 32.1. The Kier molecular flexibility index (Phi) is 6.23. The molecule has 0 bridgehead atoms. The monoisotopic (exact) mass is 390 g/mol. The SMILES string of the molecule is COc1cc(CNC(=O)CN2CCc3sccc3[C@@H]2C)cc(OC)c1OC. The Morgan fingerprint density at radius 2 is 1.93 bits per heavy atom. The maximum atomic E-state index is 12.5. The van der Waals surface area contributed by atoms with Gasteiger partial charge in [-0.25, -0.2) is 0 Å². The lowest BCUT2D eigenvalue weighted by Crippen LogP contribution is -2.41. The molecule has 1 atom stereocenters. The Labute approximate surface area is 164 Å². The molecule has 1 aliphatic heterocycles. The van der Waals surface area contributed by atoms with Crippen LogP contribution in [0.4, 0.5) is 0 Å². The van der Waals surface area contributed by atoms with Gasteiger partial charge in [-0.3, -0.25) is 9.69 Å². The third-order valence-corrected chi connectivity index (χ3v) is 5.96. The van der Waals surface area contributed by atoms with Crippen molar-refractivity contribution in [1.82, 2.24) is 10.2 Å². The van der Waals surface area contributed by atoms with E-state index in [1.807, 2.05) is 12.1 Å². The molecule has 1 aromatic carbocycles. The van der Waals surface area contributed by atoms with Gasteiger partial charge in [0.1, 0.15) is 0 Å². The fourth-order valence-electron chi connectivity index (χ4n) is 3.46. The highest BCUT2D eigenvalue weighted by molar-refractivity contribution is 7.10. The van der Waals surface area contributed by atoms with Gasteiger partial charge in [-0.1, -0.05) is 0 Å². The molecule has 1 aliphatic rings. The summed E-state index contributed by atoms with van der Waals surface area (Å²) in [6.45, 7) is 3.87. The molecule has 7 heteroatoms. The number of thiophene rings is 1. The number of benzene rings is 1. The number of hydrogen-bond acceptors (Lipinski definition) is 6. The van der Waals surface area contributed by atoms with Crippen molar-refractivity contribution in [2.24, 2.45) is 0 Å². The number of fused-ring (bicyclic) bond motifs is 1. The van der Waals surface area contributed by atoms with Crippen LogP contribution in [0.5, 0.6) is 17.2 Å². The molecule has 0 radical (unpaired) electrons. The number of rotatable bonds is 7. The summed E-state index contributed by atoms with van der Waals surface area (Å²) in [5.41, 5.74) is 2.24. The Balaban J connectivity index is 1.61. The first-order valence-corrected chi connectivity index (χ1v) is 9.81. The van der Waals surface area contributed by atoms with Crippen LogP contribution in [0.25, 0.3) is 0 Å². The molecule has 2 heterocycles. The van der Waals surface area contributed by atoms with Crippen molar-refractivity contribution in [2.45, 2.75) is 25.9 Å². The highest BCUT2D eigenvalue weighted by Gasteiger charge is 2.26. The van der Waals surface area contributed by atoms with Crippen molar-refractivity contribution in [3.05, 3.63) is 39.6 Å². The lowest BCUT2D eigenvalue weighted by atomic mass is 10.0. The summed E-state index contributed by atoms with van der Waals surface area (Å²) >= 11 is 1.81. The zero-order valence-corrected chi connectivity index (χ0v) is 17.0. The van der Waals surface area contributed by atoms with Crippen molar-refractivity contribution in [3.63, 3.8) is 0 Å². The average molecular weight is 391 g/mol. The van der Waals surface area contributed by atoms with Gasteiger partial charge in [-0.2, -0.15) is 0 Å². The minimum absolute atomic E-state index is 0.00859. The predicted molar refractivity (Wildman–Crippen MR) is 106 cm³/mol. The summed E-state index contributed by atoms with van der Waals surface area (Å²) in [5.74, 6) is 1.71. The molecule has 3 rings (SSSR count). The zero-order valence-electron chi connectivity index (χ0n) is 16.2. The molecule has 1 N–H and O–H groups in total. The third-order valence-electron chi connectivity index (χ3n) is 4.96. The lowest BCUT2D eigenvalue weighted by Gasteiger charge is -2.32. The molecule has 2 aromatic rings. The van der Waals surface area contributed by atoms with Crippen molar-refractivity contribution in [3.8, 4) is 17.2 Å². The number of carbonyl (C=O) groups is 1. The van der Waals surface area contributed by atoms with E-state index in [1.165, 1.54) is 10.4 Å². The van der Waals surface area contributed by atoms with Crippen molar-refractivity contribution in [2.75, 3.05) is 34.4 Å². The first-order chi connectivity index (χ1) is 13.1. The maximum Gasteiger partial charge on any atom is 0.234 e. The number of nitrogens with one attached hydrogen (secondary N) is 1. The third kappa shape index (κ3) is 4.20. The molecule has 0 fully saturated rings. The average Bonchev–Trinajstić information content (AvgIpc) is 3.17. The van der Waals surface area contributed by atoms with Crippen LogP contribution in [-0.4, -0.2) is 45.2 Å². The quantitative estimate of drug-likeness (QED) is 0.788. The summed E-state index contributed by atoms with van der Waals surface area (Å²) in [5, 5.41) is 5.13. The second kappa shape index (κ2) is 8.63. The number of amides is 1. The van der Waals surface area contributed by atoms with Crippen LogP contribution < -0.4 is 19.5 Å². The fraction of sp³-hybridized carbons (Fsp3) is 0.450. The molecule has 6 nitrogen and oxygen atoms in total. The van der Waals surface area contributed by atoms with Crippen LogP contribution in [0, 0.1) is 0 Å². The first kappa shape index (κ1) is 19.5. The number of ether oxygens (including phenoxy) is 3. The highest BCUT2D eigenvalue weighted by Crippen LogP contribution is 2.38. The summed E-state index contributed by atoms with van der Waals surface area (Å²) in [6, 6.07) is 6.14. The summed E-state index contributed by atoms with van der Waals surface area (Å²) in [7, 11) is 4.73. The van der Waals surface area contributed by atoms with E-state index in [4.69, 9.17) is 14.2 Å². The summed E-state index contributed by atoms with van der Waals surface area (Å²) in [6.07, 6.45) is 1.01. The van der Waals surface area contributed by atoms with E-state index in [2.05, 4.69) is 28.6 Å². The number of hydrogen-bond donors (Lipinski definition) is 1.